The number of ether oxygens (including phenoxy) is 1. The normalized spacial score (nSPS) is 19.8. The molecule has 1 aliphatic rings. The highest BCUT2D eigenvalue weighted by Gasteiger charge is 2.38. The van der Waals surface area contributed by atoms with Crippen LogP contribution in [-0.4, -0.2) is 24.1 Å². The second-order valence-corrected chi connectivity index (χ2v) is 4.76. The van der Waals surface area contributed by atoms with Crippen LogP contribution in [-0.2, 0) is 19.1 Å². The number of rotatable bonds is 4. The van der Waals surface area contributed by atoms with Crippen molar-refractivity contribution in [1.29, 1.82) is 0 Å². The van der Waals surface area contributed by atoms with Gasteiger partial charge in [0.05, 0.1) is 12.5 Å². The van der Waals surface area contributed by atoms with E-state index in [2.05, 4.69) is 4.74 Å². The van der Waals surface area contributed by atoms with Crippen LogP contribution in [0.4, 0.5) is 4.39 Å². The number of benzene rings is 1. The van der Waals surface area contributed by atoms with Crippen molar-refractivity contribution >= 4 is 23.6 Å². The predicted molar refractivity (Wildman–Crippen MR) is 73.7 cm³/mol. The first kappa shape index (κ1) is 15.1. The molecule has 0 amide bonds. The molecule has 1 aliphatic carbocycles. The Balaban J connectivity index is 2.12. The Morgan fingerprint density at radius 1 is 1.33 bits per heavy atom. The molecule has 1 aromatic carbocycles. The van der Waals surface area contributed by atoms with E-state index in [1.807, 2.05) is 0 Å². The number of hydrogen-bond acceptors (Lipinski definition) is 4. The van der Waals surface area contributed by atoms with Crippen LogP contribution in [0, 0.1) is 11.7 Å². The van der Waals surface area contributed by atoms with Crippen LogP contribution in [0.5, 0.6) is 0 Å². The summed E-state index contributed by atoms with van der Waals surface area (Å²) >= 11 is 0. The number of esters is 1. The van der Waals surface area contributed by atoms with Crippen molar-refractivity contribution in [1.82, 2.24) is 0 Å². The van der Waals surface area contributed by atoms with E-state index in [0.717, 1.165) is 0 Å². The van der Waals surface area contributed by atoms with Gasteiger partial charge in [0.2, 0.25) is 0 Å². The van der Waals surface area contributed by atoms with Gasteiger partial charge in [0.25, 0.3) is 5.78 Å². The maximum Gasteiger partial charge on any atom is 0.375 e. The van der Waals surface area contributed by atoms with Gasteiger partial charge in [-0.3, -0.25) is 9.59 Å². The van der Waals surface area contributed by atoms with E-state index in [9.17, 15) is 18.8 Å². The lowest BCUT2D eigenvalue weighted by atomic mass is 10.0. The minimum atomic E-state index is -0.959. The topological polar surface area (TPSA) is 60.4 Å². The van der Waals surface area contributed by atoms with Crippen molar-refractivity contribution in [3.05, 3.63) is 41.2 Å². The molecule has 0 aliphatic heterocycles. The number of Topliss-reactive ketones (excluding diaryl/α,β-unsaturated/α-hetero) is 2. The summed E-state index contributed by atoms with van der Waals surface area (Å²) in [5.74, 6) is -3.40. The Hall–Kier alpha value is -2.30. The minimum Gasteiger partial charge on any atom is -0.460 e. The summed E-state index contributed by atoms with van der Waals surface area (Å²) in [4.78, 5) is 35.4. The zero-order valence-electron chi connectivity index (χ0n) is 11.6. The van der Waals surface area contributed by atoms with Gasteiger partial charge in [-0.15, -0.1) is 0 Å². The second-order valence-electron chi connectivity index (χ2n) is 4.76. The first-order chi connectivity index (χ1) is 10.0. The minimum absolute atomic E-state index is 0.101. The highest BCUT2D eigenvalue weighted by atomic mass is 19.1. The van der Waals surface area contributed by atoms with Crippen LogP contribution < -0.4 is 0 Å². The molecule has 1 unspecified atom stereocenters. The van der Waals surface area contributed by atoms with Crippen molar-refractivity contribution in [3.63, 3.8) is 0 Å². The van der Waals surface area contributed by atoms with Gasteiger partial charge in [-0.2, -0.15) is 0 Å². The summed E-state index contributed by atoms with van der Waals surface area (Å²) in [7, 11) is 0. The Bertz CT molecular complexity index is 601. The SMILES string of the molecule is CCOC(=O)C(=O)C1CC/C(=C\c2ccc(F)cc2)C1=O. The zero-order chi connectivity index (χ0) is 15.4. The fourth-order valence-corrected chi connectivity index (χ4v) is 2.28. The summed E-state index contributed by atoms with van der Waals surface area (Å²) in [5.41, 5.74) is 1.16. The smallest absolute Gasteiger partial charge is 0.375 e. The number of allylic oxidation sites excluding steroid dienone is 1. The van der Waals surface area contributed by atoms with E-state index in [4.69, 9.17) is 0 Å². The summed E-state index contributed by atoms with van der Waals surface area (Å²) in [6.45, 7) is 1.70. The molecule has 0 spiro atoms. The van der Waals surface area contributed by atoms with Crippen molar-refractivity contribution in [2.75, 3.05) is 6.61 Å². The molecule has 5 heteroatoms. The average molecular weight is 290 g/mol. The lowest BCUT2D eigenvalue weighted by Crippen LogP contribution is -2.28. The zero-order valence-corrected chi connectivity index (χ0v) is 11.6. The largest absolute Gasteiger partial charge is 0.460 e. The summed E-state index contributed by atoms with van der Waals surface area (Å²) in [5, 5.41) is 0. The first-order valence-electron chi connectivity index (χ1n) is 6.74. The van der Waals surface area contributed by atoms with E-state index in [-0.39, 0.29) is 18.2 Å². The van der Waals surface area contributed by atoms with Crippen LogP contribution in [0.2, 0.25) is 0 Å². The van der Waals surface area contributed by atoms with Gasteiger partial charge < -0.3 is 4.74 Å². The van der Waals surface area contributed by atoms with Gasteiger partial charge >= 0.3 is 5.97 Å². The maximum absolute atomic E-state index is 12.8. The van der Waals surface area contributed by atoms with Crippen LogP contribution in [0.1, 0.15) is 25.3 Å². The molecule has 1 saturated carbocycles. The van der Waals surface area contributed by atoms with Crippen LogP contribution in [0.25, 0.3) is 6.08 Å². The number of carbonyl (C=O) groups excluding carboxylic acids is 3. The molecule has 0 bridgehead atoms. The standard InChI is InChI=1S/C16H15FO4/c1-2-21-16(20)15(19)13-8-5-11(14(13)18)9-10-3-6-12(17)7-4-10/h3-4,6-7,9,13H,2,5,8H2,1H3/b11-9+. The third-order valence-corrected chi connectivity index (χ3v) is 3.34. The van der Waals surface area contributed by atoms with Gasteiger partial charge in [-0.25, -0.2) is 9.18 Å². The highest BCUT2D eigenvalue weighted by molar-refractivity contribution is 6.40. The van der Waals surface area contributed by atoms with Gasteiger partial charge in [0.1, 0.15) is 5.82 Å². The summed E-state index contributed by atoms with van der Waals surface area (Å²) in [6, 6.07) is 5.70. The van der Waals surface area contributed by atoms with Crippen molar-refractivity contribution in [3.8, 4) is 0 Å². The number of ketones is 2. The predicted octanol–water partition coefficient (Wildman–Crippen LogP) is 2.32. The highest BCUT2D eigenvalue weighted by Crippen LogP contribution is 2.29. The molecule has 4 nitrogen and oxygen atoms in total. The van der Waals surface area contributed by atoms with E-state index in [0.29, 0.717) is 24.0 Å². The van der Waals surface area contributed by atoms with E-state index in [1.165, 1.54) is 12.1 Å². The fraction of sp³-hybridized carbons (Fsp3) is 0.312. The summed E-state index contributed by atoms with van der Waals surface area (Å²) < 4.78 is 17.5. The van der Waals surface area contributed by atoms with Crippen LogP contribution in [0.15, 0.2) is 29.8 Å². The van der Waals surface area contributed by atoms with Gasteiger partial charge in [0, 0.05) is 0 Å². The Labute approximate surface area is 121 Å². The van der Waals surface area contributed by atoms with Crippen molar-refractivity contribution in [2.24, 2.45) is 5.92 Å². The third kappa shape index (κ3) is 3.42. The molecule has 0 aromatic heterocycles. The Morgan fingerprint density at radius 3 is 2.62 bits per heavy atom. The molecule has 0 saturated heterocycles. The van der Waals surface area contributed by atoms with Gasteiger partial charge in [-0.1, -0.05) is 12.1 Å². The molecule has 110 valence electrons. The van der Waals surface area contributed by atoms with E-state index < -0.39 is 17.7 Å². The van der Waals surface area contributed by atoms with E-state index >= 15 is 0 Å². The second kappa shape index (κ2) is 6.43. The molecule has 2 rings (SSSR count). The molecule has 1 aromatic rings. The lowest BCUT2D eigenvalue weighted by molar-refractivity contribution is -0.156. The Kier molecular flexibility index (Phi) is 4.62. The summed E-state index contributed by atoms with van der Waals surface area (Å²) in [6.07, 6.45) is 2.36. The van der Waals surface area contributed by atoms with Crippen LogP contribution >= 0.6 is 0 Å². The molecule has 1 atom stereocenters. The quantitative estimate of drug-likeness (QED) is 0.369. The van der Waals surface area contributed by atoms with Gasteiger partial charge in [0.15, 0.2) is 5.78 Å². The Morgan fingerprint density at radius 2 is 2.00 bits per heavy atom. The molecule has 1 fully saturated rings. The molecular weight excluding hydrogens is 275 g/mol. The van der Waals surface area contributed by atoms with E-state index in [1.54, 1.807) is 25.1 Å². The molecule has 0 N–H and O–H groups in total. The van der Waals surface area contributed by atoms with Gasteiger partial charge in [-0.05, 0) is 49.1 Å². The fourth-order valence-electron chi connectivity index (χ4n) is 2.28. The molecule has 21 heavy (non-hydrogen) atoms. The monoisotopic (exact) mass is 290 g/mol. The average Bonchev–Trinajstić information content (AvgIpc) is 2.82. The molecule has 0 radical (unpaired) electrons. The number of halogens is 1. The van der Waals surface area contributed by atoms with Crippen molar-refractivity contribution in [2.45, 2.75) is 19.8 Å². The molecular formula is C16H15FO4. The number of hydrogen-bond donors (Lipinski definition) is 0. The molecule has 0 heterocycles. The van der Waals surface area contributed by atoms with Crippen LogP contribution in [0.3, 0.4) is 0 Å². The lowest BCUT2D eigenvalue weighted by Gasteiger charge is -2.05. The van der Waals surface area contributed by atoms with Crippen molar-refractivity contribution < 1.29 is 23.5 Å². The maximum atomic E-state index is 12.8. The number of carbonyl (C=O) groups is 3. The third-order valence-electron chi connectivity index (χ3n) is 3.34. The first-order valence-corrected chi connectivity index (χ1v) is 6.74.